The van der Waals surface area contributed by atoms with Crippen LogP contribution in [0.5, 0.6) is 0 Å². The van der Waals surface area contributed by atoms with E-state index in [2.05, 4.69) is 15.3 Å². The number of aromatic nitrogens is 2. The summed E-state index contributed by atoms with van der Waals surface area (Å²) in [5.74, 6) is -1.53. The molecule has 2 N–H and O–H groups in total. The van der Waals surface area contributed by atoms with Gasteiger partial charge in [0.2, 0.25) is 0 Å². The van der Waals surface area contributed by atoms with E-state index in [9.17, 15) is 19.7 Å². The smallest absolute Gasteiger partial charge is 0.296 e. The number of hydrogen-bond acceptors (Lipinski definition) is 5. The fourth-order valence-corrected chi connectivity index (χ4v) is 2.16. The third-order valence-electron chi connectivity index (χ3n) is 3.27. The molecule has 0 atom stereocenters. The van der Waals surface area contributed by atoms with Crippen LogP contribution in [-0.4, -0.2) is 26.6 Å². The normalized spacial score (nSPS) is 10.4. The van der Waals surface area contributed by atoms with E-state index >= 15 is 0 Å². The van der Waals surface area contributed by atoms with Crippen molar-refractivity contribution in [1.82, 2.24) is 9.97 Å². The predicted octanol–water partition coefficient (Wildman–Crippen LogP) is 2.29. The highest BCUT2D eigenvalue weighted by Gasteiger charge is 2.21. The molecule has 114 valence electrons. The average Bonchev–Trinajstić information content (AvgIpc) is 2.98. The average molecular weight is 310 g/mol. The molecule has 0 unspecified atom stereocenters. The Labute approximate surface area is 129 Å². The van der Waals surface area contributed by atoms with Crippen molar-refractivity contribution >= 4 is 34.0 Å². The maximum Gasteiger partial charge on any atom is 0.296 e. The Morgan fingerprint density at radius 1 is 1.17 bits per heavy atom. The van der Waals surface area contributed by atoms with Gasteiger partial charge in [0.25, 0.3) is 17.4 Å². The van der Waals surface area contributed by atoms with Crippen molar-refractivity contribution < 1.29 is 14.5 Å². The van der Waals surface area contributed by atoms with Crippen LogP contribution >= 0.6 is 0 Å². The van der Waals surface area contributed by atoms with Gasteiger partial charge >= 0.3 is 0 Å². The van der Waals surface area contributed by atoms with E-state index in [1.54, 1.807) is 12.1 Å². The van der Waals surface area contributed by atoms with Gasteiger partial charge in [-0.25, -0.2) is 0 Å². The van der Waals surface area contributed by atoms with Gasteiger partial charge in [0.05, 0.1) is 16.0 Å². The van der Waals surface area contributed by atoms with E-state index in [1.807, 2.05) is 0 Å². The van der Waals surface area contributed by atoms with E-state index in [0.29, 0.717) is 16.6 Å². The molecule has 3 aromatic rings. The van der Waals surface area contributed by atoms with E-state index in [1.165, 1.54) is 36.8 Å². The SMILES string of the molecule is O=C(Nc1ccncc1)C(=O)c1c[nH]c2cc([N+](=O)[O-])ccc12. The summed E-state index contributed by atoms with van der Waals surface area (Å²) < 4.78 is 0. The highest BCUT2D eigenvalue weighted by molar-refractivity contribution is 6.48. The molecule has 0 radical (unpaired) electrons. The Kier molecular flexibility index (Phi) is 3.55. The summed E-state index contributed by atoms with van der Waals surface area (Å²) in [5, 5.41) is 13.7. The summed E-state index contributed by atoms with van der Waals surface area (Å²) in [6.07, 6.45) is 4.35. The summed E-state index contributed by atoms with van der Waals surface area (Å²) in [4.78, 5) is 41.1. The number of nitrogens with one attached hydrogen (secondary N) is 2. The molecule has 0 bridgehead atoms. The number of amides is 1. The molecule has 2 heterocycles. The van der Waals surface area contributed by atoms with Crippen molar-refractivity contribution in [2.75, 3.05) is 5.32 Å². The monoisotopic (exact) mass is 310 g/mol. The van der Waals surface area contributed by atoms with Crippen molar-refractivity contribution in [1.29, 1.82) is 0 Å². The number of non-ortho nitro benzene ring substituents is 1. The maximum absolute atomic E-state index is 12.3. The summed E-state index contributed by atoms with van der Waals surface area (Å²) >= 11 is 0. The van der Waals surface area contributed by atoms with Gasteiger partial charge < -0.3 is 10.3 Å². The highest BCUT2D eigenvalue weighted by atomic mass is 16.6. The molecular formula is C15H10N4O4. The number of benzene rings is 1. The second-order valence-electron chi connectivity index (χ2n) is 4.71. The minimum Gasteiger partial charge on any atom is -0.360 e. The zero-order valence-electron chi connectivity index (χ0n) is 11.6. The largest absolute Gasteiger partial charge is 0.360 e. The molecule has 1 amide bonds. The number of carbonyl (C=O) groups is 2. The van der Waals surface area contributed by atoms with E-state index in [0.717, 1.165) is 0 Å². The molecule has 3 rings (SSSR count). The van der Waals surface area contributed by atoms with E-state index in [4.69, 9.17) is 0 Å². The maximum atomic E-state index is 12.3. The summed E-state index contributed by atoms with van der Waals surface area (Å²) in [7, 11) is 0. The zero-order chi connectivity index (χ0) is 16.4. The molecule has 0 saturated heterocycles. The van der Waals surface area contributed by atoms with Crippen LogP contribution in [0.25, 0.3) is 10.9 Å². The minimum absolute atomic E-state index is 0.0976. The third kappa shape index (κ3) is 2.77. The first-order chi connectivity index (χ1) is 11.1. The molecule has 0 fully saturated rings. The van der Waals surface area contributed by atoms with Crippen molar-refractivity contribution in [3.8, 4) is 0 Å². The first kappa shape index (κ1) is 14.4. The number of pyridine rings is 1. The van der Waals surface area contributed by atoms with Gasteiger partial charge in [0.15, 0.2) is 0 Å². The number of rotatable bonds is 4. The second kappa shape index (κ2) is 5.68. The van der Waals surface area contributed by atoms with Crippen molar-refractivity contribution in [3.63, 3.8) is 0 Å². The molecule has 0 saturated carbocycles. The number of carbonyl (C=O) groups excluding carboxylic acids is 2. The van der Waals surface area contributed by atoms with Crippen LogP contribution in [0.3, 0.4) is 0 Å². The Bertz CT molecular complexity index is 918. The highest BCUT2D eigenvalue weighted by Crippen LogP contribution is 2.23. The van der Waals surface area contributed by atoms with Crippen LogP contribution in [0.2, 0.25) is 0 Å². The van der Waals surface area contributed by atoms with Crippen molar-refractivity contribution in [3.05, 3.63) is 64.6 Å². The number of nitro benzene ring substituents is 1. The molecule has 1 aromatic carbocycles. The number of anilines is 1. The molecule has 23 heavy (non-hydrogen) atoms. The molecule has 8 nitrogen and oxygen atoms in total. The second-order valence-corrected chi connectivity index (χ2v) is 4.71. The lowest BCUT2D eigenvalue weighted by Crippen LogP contribution is -2.22. The number of Topliss-reactive ketones (excluding diaryl/α,β-unsaturated/α-hetero) is 1. The van der Waals surface area contributed by atoms with Crippen LogP contribution in [-0.2, 0) is 4.79 Å². The van der Waals surface area contributed by atoms with Crippen molar-refractivity contribution in [2.24, 2.45) is 0 Å². The number of H-pyrrole nitrogens is 1. The Morgan fingerprint density at radius 3 is 2.61 bits per heavy atom. The van der Waals surface area contributed by atoms with E-state index < -0.39 is 16.6 Å². The molecule has 0 aliphatic rings. The minimum atomic E-state index is -0.796. The molecular weight excluding hydrogens is 300 g/mol. The predicted molar refractivity (Wildman–Crippen MR) is 82.2 cm³/mol. The fraction of sp³-hybridized carbons (Fsp3) is 0. The Morgan fingerprint density at radius 2 is 1.91 bits per heavy atom. The molecule has 0 aliphatic carbocycles. The molecule has 0 aliphatic heterocycles. The number of hydrogen-bond donors (Lipinski definition) is 2. The van der Waals surface area contributed by atoms with Gasteiger partial charge in [-0.3, -0.25) is 24.7 Å². The lowest BCUT2D eigenvalue weighted by atomic mass is 10.1. The number of fused-ring (bicyclic) bond motifs is 1. The van der Waals surface area contributed by atoms with Gasteiger partial charge in [0.1, 0.15) is 0 Å². The number of nitro groups is 1. The zero-order valence-corrected chi connectivity index (χ0v) is 11.6. The van der Waals surface area contributed by atoms with Crippen LogP contribution in [0, 0.1) is 10.1 Å². The Balaban J connectivity index is 1.89. The quantitative estimate of drug-likeness (QED) is 0.332. The first-order valence-electron chi connectivity index (χ1n) is 6.57. The fourth-order valence-electron chi connectivity index (χ4n) is 2.16. The van der Waals surface area contributed by atoms with Crippen LogP contribution < -0.4 is 5.32 Å². The third-order valence-corrected chi connectivity index (χ3v) is 3.27. The standard InChI is InChI=1S/C15H10N4O4/c20-14(15(21)18-9-3-5-16-6-4-9)12-8-17-13-7-10(19(22)23)1-2-11(12)13/h1-8,17H,(H,16,18,21). The summed E-state index contributed by atoms with van der Waals surface area (Å²) in [6, 6.07) is 7.16. The topological polar surface area (TPSA) is 118 Å². The van der Waals surface area contributed by atoms with Crippen LogP contribution in [0.15, 0.2) is 48.9 Å². The van der Waals surface area contributed by atoms with Gasteiger partial charge in [-0.05, 0) is 18.2 Å². The van der Waals surface area contributed by atoms with Crippen molar-refractivity contribution in [2.45, 2.75) is 0 Å². The van der Waals surface area contributed by atoms with Crippen LogP contribution in [0.1, 0.15) is 10.4 Å². The Hall–Kier alpha value is -3.55. The van der Waals surface area contributed by atoms with Gasteiger partial charge in [-0.2, -0.15) is 0 Å². The molecule has 8 heteroatoms. The summed E-state index contributed by atoms with van der Waals surface area (Å²) in [6.45, 7) is 0. The van der Waals surface area contributed by atoms with Gasteiger partial charge in [-0.1, -0.05) is 0 Å². The molecule has 2 aromatic heterocycles. The number of nitrogens with zero attached hydrogens (tertiary/aromatic N) is 2. The van der Waals surface area contributed by atoms with Crippen LogP contribution in [0.4, 0.5) is 11.4 Å². The first-order valence-corrected chi connectivity index (χ1v) is 6.57. The lowest BCUT2D eigenvalue weighted by molar-refractivity contribution is -0.384. The molecule has 0 spiro atoms. The van der Waals surface area contributed by atoms with E-state index in [-0.39, 0.29) is 11.3 Å². The number of aromatic amines is 1. The lowest BCUT2D eigenvalue weighted by Gasteiger charge is -2.03. The number of ketones is 1. The van der Waals surface area contributed by atoms with Gasteiger partial charge in [0, 0.05) is 41.8 Å². The van der Waals surface area contributed by atoms with Gasteiger partial charge in [-0.15, -0.1) is 0 Å². The summed E-state index contributed by atoms with van der Waals surface area (Å²) in [5.41, 5.74) is 0.925.